The first-order chi connectivity index (χ1) is 8.97. The lowest BCUT2D eigenvalue weighted by Gasteiger charge is -2.00. The molecule has 0 saturated carbocycles. The number of aromatic nitrogens is 2. The Morgan fingerprint density at radius 1 is 1.47 bits per heavy atom. The van der Waals surface area contributed by atoms with Gasteiger partial charge in [-0.1, -0.05) is 19.0 Å². The van der Waals surface area contributed by atoms with E-state index >= 15 is 0 Å². The van der Waals surface area contributed by atoms with Gasteiger partial charge in [-0.05, 0) is 12.0 Å². The molecule has 2 aromatic rings. The minimum Gasteiger partial charge on any atom is -0.398 e. The third kappa shape index (κ3) is 2.87. The van der Waals surface area contributed by atoms with E-state index in [9.17, 15) is 10.1 Å². The molecule has 0 saturated heterocycles. The van der Waals surface area contributed by atoms with Crippen LogP contribution in [0, 0.1) is 16.0 Å². The van der Waals surface area contributed by atoms with E-state index in [0.29, 0.717) is 29.4 Å². The number of nitro benzene ring substituents is 1. The summed E-state index contributed by atoms with van der Waals surface area (Å²) in [5.41, 5.74) is 6.47. The molecule has 0 atom stereocenters. The topological polar surface area (TPSA) is 108 Å². The smallest absolute Gasteiger partial charge is 0.270 e. The Hall–Kier alpha value is -2.44. The number of hydrogen-bond donors (Lipinski definition) is 1. The average molecular weight is 262 g/mol. The highest BCUT2D eigenvalue weighted by Gasteiger charge is 2.16. The lowest BCUT2D eigenvalue weighted by atomic mass is 10.1. The van der Waals surface area contributed by atoms with Gasteiger partial charge in [0.25, 0.3) is 11.6 Å². The molecule has 0 fully saturated rings. The molecule has 0 unspecified atom stereocenters. The third-order valence-corrected chi connectivity index (χ3v) is 2.54. The normalized spacial score (nSPS) is 10.9. The average Bonchev–Trinajstić information content (AvgIpc) is 2.76. The van der Waals surface area contributed by atoms with Gasteiger partial charge in [0, 0.05) is 24.2 Å². The molecule has 0 bridgehead atoms. The van der Waals surface area contributed by atoms with Gasteiger partial charge < -0.3 is 10.3 Å². The highest BCUT2D eigenvalue weighted by Crippen LogP contribution is 2.28. The fourth-order valence-electron chi connectivity index (χ4n) is 1.65. The molecular formula is C12H14N4O3. The summed E-state index contributed by atoms with van der Waals surface area (Å²) in [6, 6.07) is 4.13. The van der Waals surface area contributed by atoms with Gasteiger partial charge in [-0.2, -0.15) is 4.98 Å². The number of hydrogen-bond acceptors (Lipinski definition) is 6. The van der Waals surface area contributed by atoms with E-state index in [1.165, 1.54) is 18.2 Å². The van der Waals surface area contributed by atoms with Gasteiger partial charge in [-0.25, -0.2) is 0 Å². The molecule has 2 N–H and O–H groups in total. The number of rotatable bonds is 4. The fraction of sp³-hybridized carbons (Fsp3) is 0.333. The van der Waals surface area contributed by atoms with Crippen molar-refractivity contribution in [3.8, 4) is 11.5 Å². The van der Waals surface area contributed by atoms with Crippen LogP contribution < -0.4 is 5.73 Å². The minimum atomic E-state index is -0.492. The molecule has 7 nitrogen and oxygen atoms in total. The molecule has 1 aromatic carbocycles. The molecular weight excluding hydrogens is 248 g/mol. The summed E-state index contributed by atoms with van der Waals surface area (Å²) < 4.78 is 5.10. The zero-order valence-electron chi connectivity index (χ0n) is 10.7. The summed E-state index contributed by atoms with van der Waals surface area (Å²) in [4.78, 5) is 14.5. The van der Waals surface area contributed by atoms with Crippen molar-refractivity contribution in [2.24, 2.45) is 5.92 Å². The van der Waals surface area contributed by atoms with Crippen LogP contribution in [0.5, 0.6) is 0 Å². The first kappa shape index (κ1) is 13.0. The van der Waals surface area contributed by atoms with E-state index in [-0.39, 0.29) is 11.6 Å². The molecule has 0 spiro atoms. The van der Waals surface area contributed by atoms with Crippen molar-refractivity contribution in [2.45, 2.75) is 20.3 Å². The molecule has 0 amide bonds. The van der Waals surface area contributed by atoms with E-state index in [1.54, 1.807) is 0 Å². The van der Waals surface area contributed by atoms with Crippen molar-refractivity contribution in [2.75, 3.05) is 5.73 Å². The number of nitrogens with two attached hydrogens (primary N) is 1. The highest BCUT2D eigenvalue weighted by molar-refractivity contribution is 5.73. The molecule has 1 heterocycles. The summed E-state index contributed by atoms with van der Waals surface area (Å²) in [5, 5.41) is 14.6. The predicted octanol–water partition coefficient (Wildman–Crippen LogP) is 2.43. The number of anilines is 1. The number of nitrogen functional groups attached to an aromatic ring is 1. The molecule has 100 valence electrons. The van der Waals surface area contributed by atoms with Crippen LogP contribution in [0.15, 0.2) is 22.7 Å². The molecule has 0 aliphatic carbocycles. The third-order valence-electron chi connectivity index (χ3n) is 2.54. The van der Waals surface area contributed by atoms with E-state index in [4.69, 9.17) is 10.3 Å². The van der Waals surface area contributed by atoms with E-state index in [0.717, 1.165) is 0 Å². The maximum Gasteiger partial charge on any atom is 0.270 e. The van der Waals surface area contributed by atoms with Crippen molar-refractivity contribution in [1.29, 1.82) is 0 Å². The summed E-state index contributed by atoms with van der Waals surface area (Å²) in [6.07, 6.45) is 0.679. The zero-order valence-corrected chi connectivity index (χ0v) is 10.7. The van der Waals surface area contributed by atoms with Crippen molar-refractivity contribution in [1.82, 2.24) is 10.1 Å². The zero-order chi connectivity index (χ0) is 14.0. The number of benzene rings is 1. The molecule has 0 aliphatic heterocycles. The van der Waals surface area contributed by atoms with Crippen molar-refractivity contribution in [3.63, 3.8) is 0 Å². The lowest BCUT2D eigenvalue weighted by molar-refractivity contribution is -0.384. The van der Waals surface area contributed by atoms with Crippen LogP contribution in [0.2, 0.25) is 0 Å². The maximum atomic E-state index is 10.7. The van der Waals surface area contributed by atoms with Crippen LogP contribution in [-0.2, 0) is 6.42 Å². The second-order valence-corrected chi connectivity index (χ2v) is 4.64. The molecule has 19 heavy (non-hydrogen) atoms. The lowest BCUT2D eigenvalue weighted by Crippen LogP contribution is -1.96. The van der Waals surface area contributed by atoms with Crippen LogP contribution in [0.25, 0.3) is 11.5 Å². The van der Waals surface area contributed by atoms with Gasteiger partial charge in [-0.3, -0.25) is 10.1 Å². The number of non-ortho nitro benzene ring substituents is 1. The monoisotopic (exact) mass is 262 g/mol. The van der Waals surface area contributed by atoms with E-state index < -0.39 is 4.92 Å². The number of nitro groups is 1. The van der Waals surface area contributed by atoms with Crippen LogP contribution in [-0.4, -0.2) is 15.1 Å². The maximum absolute atomic E-state index is 10.7. The quantitative estimate of drug-likeness (QED) is 0.515. The predicted molar refractivity (Wildman–Crippen MR) is 69.3 cm³/mol. The second-order valence-electron chi connectivity index (χ2n) is 4.64. The Kier molecular flexibility index (Phi) is 3.46. The molecule has 0 aliphatic rings. The Labute approximate surface area is 109 Å². The Bertz CT molecular complexity index is 607. The summed E-state index contributed by atoms with van der Waals surface area (Å²) in [7, 11) is 0. The standard InChI is InChI=1S/C12H14N4O3/c1-7(2)5-11-14-12(19-15-11)9-6-8(16(17)18)3-4-10(9)13/h3-4,6-7H,5,13H2,1-2H3. The first-order valence-corrected chi connectivity index (χ1v) is 5.84. The van der Waals surface area contributed by atoms with Gasteiger partial charge in [-0.15, -0.1) is 0 Å². The van der Waals surface area contributed by atoms with E-state index in [2.05, 4.69) is 10.1 Å². The van der Waals surface area contributed by atoms with Crippen LogP contribution >= 0.6 is 0 Å². The van der Waals surface area contributed by atoms with Gasteiger partial charge >= 0.3 is 0 Å². The first-order valence-electron chi connectivity index (χ1n) is 5.84. The van der Waals surface area contributed by atoms with Crippen molar-refractivity contribution >= 4 is 11.4 Å². The SMILES string of the molecule is CC(C)Cc1noc(-c2cc([N+](=O)[O-])ccc2N)n1. The molecule has 2 rings (SSSR count). The van der Waals surface area contributed by atoms with Crippen molar-refractivity contribution in [3.05, 3.63) is 34.1 Å². The van der Waals surface area contributed by atoms with Gasteiger partial charge in [0.05, 0.1) is 10.5 Å². The summed E-state index contributed by atoms with van der Waals surface area (Å²) in [6.45, 7) is 4.08. The summed E-state index contributed by atoms with van der Waals surface area (Å²) in [5.74, 6) is 1.17. The highest BCUT2D eigenvalue weighted by atomic mass is 16.6. The molecule has 0 radical (unpaired) electrons. The molecule has 1 aromatic heterocycles. The van der Waals surface area contributed by atoms with Crippen LogP contribution in [0.1, 0.15) is 19.7 Å². The van der Waals surface area contributed by atoms with Gasteiger partial charge in [0.15, 0.2) is 5.82 Å². The fourth-order valence-corrected chi connectivity index (χ4v) is 1.65. The minimum absolute atomic E-state index is 0.0622. The van der Waals surface area contributed by atoms with Crippen LogP contribution in [0.4, 0.5) is 11.4 Å². The second kappa shape index (κ2) is 5.05. The number of nitrogens with zero attached hydrogens (tertiary/aromatic N) is 3. The van der Waals surface area contributed by atoms with Crippen LogP contribution in [0.3, 0.4) is 0 Å². The van der Waals surface area contributed by atoms with Gasteiger partial charge in [0.1, 0.15) is 0 Å². The molecule has 7 heteroatoms. The Balaban J connectivity index is 2.38. The largest absolute Gasteiger partial charge is 0.398 e. The van der Waals surface area contributed by atoms with Crippen molar-refractivity contribution < 1.29 is 9.45 Å². The van der Waals surface area contributed by atoms with Gasteiger partial charge in [0.2, 0.25) is 0 Å². The summed E-state index contributed by atoms with van der Waals surface area (Å²) >= 11 is 0. The van der Waals surface area contributed by atoms with E-state index in [1.807, 2.05) is 13.8 Å². The Morgan fingerprint density at radius 2 is 2.21 bits per heavy atom. The Morgan fingerprint density at radius 3 is 2.84 bits per heavy atom.